The summed E-state index contributed by atoms with van der Waals surface area (Å²) in [5.41, 5.74) is 0.915. The van der Waals surface area contributed by atoms with E-state index in [0.29, 0.717) is 18.6 Å². The minimum Gasteiger partial charge on any atom is -0.507 e. The quantitative estimate of drug-likeness (QED) is 0.282. The van der Waals surface area contributed by atoms with Gasteiger partial charge in [-0.05, 0) is 36.2 Å². The summed E-state index contributed by atoms with van der Waals surface area (Å²) >= 11 is 0. The summed E-state index contributed by atoms with van der Waals surface area (Å²) in [6.07, 6.45) is 0.532. The third kappa shape index (κ3) is 4.45. The lowest BCUT2D eigenvalue weighted by atomic mass is 9.95. The zero-order valence-electron chi connectivity index (χ0n) is 18.2. The molecule has 170 valence electrons. The first-order chi connectivity index (χ1) is 15.2. The Bertz CT molecular complexity index is 1120. The molecule has 1 fully saturated rings. The predicted octanol–water partition coefficient (Wildman–Crippen LogP) is 2.40. The van der Waals surface area contributed by atoms with Gasteiger partial charge in [0.25, 0.3) is 11.7 Å². The number of Topliss-reactive ketones (excluding diaryl/α,β-unsaturated/α-hetero) is 1. The van der Waals surface area contributed by atoms with Crippen LogP contribution in [0.5, 0.6) is 0 Å². The van der Waals surface area contributed by atoms with Crippen LogP contribution in [0.4, 0.5) is 0 Å². The fraction of sp³-hybridized carbons (Fsp3) is 0.304. The Kier molecular flexibility index (Phi) is 7.12. The molecule has 0 radical (unpaired) electrons. The molecule has 1 aliphatic heterocycles. The van der Waals surface area contributed by atoms with E-state index in [1.165, 1.54) is 43.3 Å². The molecule has 32 heavy (non-hydrogen) atoms. The average molecular weight is 459 g/mol. The molecule has 3 rings (SSSR count). The van der Waals surface area contributed by atoms with Crippen LogP contribution in [0.2, 0.25) is 0 Å². The van der Waals surface area contributed by atoms with E-state index in [9.17, 15) is 23.1 Å². The van der Waals surface area contributed by atoms with Gasteiger partial charge >= 0.3 is 0 Å². The minimum absolute atomic E-state index is 0.0261. The summed E-state index contributed by atoms with van der Waals surface area (Å²) in [6.45, 7) is 0.709. The number of nitrogens with zero attached hydrogens (tertiary/aromatic N) is 2. The predicted molar refractivity (Wildman–Crippen MR) is 119 cm³/mol. The molecule has 8 nitrogen and oxygen atoms in total. The Morgan fingerprint density at radius 2 is 1.69 bits per heavy atom. The standard InChI is InChI=1S/C23H26N2O6S/c1-24(2)32(29,30)18-12-10-17(11-13-18)21(26)19-20(16-8-5-4-6-9-16)25(14-7-15-31-3)23(28)22(19)27/h4-6,8-13,20,26H,7,14-15H2,1-3H3/b21-19+. The number of methoxy groups -OCH3 is 1. The molecule has 1 saturated heterocycles. The number of rotatable bonds is 8. The molecule has 1 amide bonds. The van der Waals surface area contributed by atoms with Crippen molar-refractivity contribution in [3.63, 3.8) is 0 Å². The van der Waals surface area contributed by atoms with Gasteiger partial charge in [0.05, 0.1) is 16.5 Å². The van der Waals surface area contributed by atoms with Gasteiger partial charge in [-0.25, -0.2) is 12.7 Å². The van der Waals surface area contributed by atoms with Gasteiger partial charge in [-0.2, -0.15) is 0 Å². The number of sulfonamides is 1. The molecule has 1 unspecified atom stereocenters. The molecule has 1 heterocycles. The lowest BCUT2D eigenvalue weighted by Gasteiger charge is -2.25. The first kappa shape index (κ1) is 23.6. The Balaban J connectivity index is 2.07. The highest BCUT2D eigenvalue weighted by molar-refractivity contribution is 7.89. The number of amides is 1. The maximum atomic E-state index is 12.9. The van der Waals surface area contributed by atoms with Crippen molar-refractivity contribution in [2.45, 2.75) is 17.4 Å². The van der Waals surface area contributed by atoms with Crippen molar-refractivity contribution in [3.05, 3.63) is 71.3 Å². The Hall–Kier alpha value is -3.01. The van der Waals surface area contributed by atoms with Crippen LogP contribution in [0, 0.1) is 0 Å². The van der Waals surface area contributed by atoms with Crippen LogP contribution in [0.15, 0.2) is 65.1 Å². The summed E-state index contributed by atoms with van der Waals surface area (Å²) in [5, 5.41) is 11.0. The number of carbonyl (C=O) groups excluding carboxylic acids is 2. The van der Waals surface area contributed by atoms with Gasteiger partial charge in [-0.1, -0.05) is 30.3 Å². The lowest BCUT2D eigenvalue weighted by Crippen LogP contribution is -2.31. The van der Waals surface area contributed by atoms with Gasteiger partial charge in [0.15, 0.2) is 0 Å². The average Bonchev–Trinajstić information content (AvgIpc) is 3.04. The van der Waals surface area contributed by atoms with Gasteiger partial charge in [-0.15, -0.1) is 0 Å². The Morgan fingerprint density at radius 1 is 1.06 bits per heavy atom. The summed E-state index contributed by atoms with van der Waals surface area (Å²) in [5.74, 6) is -1.82. The van der Waals surface area contributed by atoms with Crippen molar-refractivity contribution >= 4 is 27.5 Å². The van der Waals surface area contributed by atoms with Crippen LogP contribution < -0.4 is 0 Å². The van der Waals surface area contributed by atoms with Crippen molar-refractivity contribution in [2.24, 2.45) is 0 Å². The van der Waals surface area contributed by atoms with Gasteiger partial charge < -0.3 is 14.7 Å². The van der Waals surface area contributed by atoms with E-state index in [0.717, 1.165) is 4.31 Å². The summed E-state index contributed by atoms with van der Waals surface area (Å²) in [7, 11) is 0.769. The van der Waals surface area contributed by atoms with E-state index < -0.39 is 27.8 Å². The van der Waals surface area contributed by atoms with E-state index in [-0.39, 0.29) is 28.3 Å². The highest BCUT2D eigenvalue weighted by atomic mass is 32.2. The smallest absolute Gasteiger partial charge is 0.295 e. The molecule has 0 aliphatic carbocycles. The van der Waals surface area contributed by atoms with E-state index in [2.05, 4.69) is 0 Å². The van der Waals surface area contributed by atoms with Crippen LogP contribution in [0.1, 0.15) is 23.6 Å². The Morgan fingerprint density at radius 3 is 2.25 bits per heavy atom. The highest BCUT2D eigenvalue weighted by Crippen LogP contribution is 2.39. The maximum absolute atomic E-state index is 12.9. The molecule has 1 atom stereocenters. The first-order valence-corrected chi connectivity index (χ1v) is 11.5. The fourth-order valence-electron chi connectivity index (χ4n) is 3.62. The number of aliphatic hydroxyl groups is 1. The molecular weight excluding hydrogens is 432 g/mol. The number of hydrogen-bond acceptors (Lipinski definition) is 6. The molecular formula is C23H26N2O6S. The molecule has 0 saturated carbocycles. The van der Waals surface area contributed by atoms with E-state index in [1.807, 2.05) is 6.07 Å². The van der Waals surface area contributed by atoms with Crippen molar-refractivity contribution < 1.29 is 27.9 Å². The number of hydrogen-bond donors (Lipinski definition) is 1. The lowest BCUT2D eigenvalue weighted by molar-refractivity contribution is -0.140. The van der Waals surface area contributed by atoms with Crippen LogP contribution in [-0.2, 0) is 24.3 Å². The summed E-state index contributed by atoms with van der Waals surface area (Å²) in [6, 6.07) is 13.8. The van der Waals surface area contributed by atoms with E-state index >= 15 is 0 Å². The van der Waals surface area contributed by atoms with Crippen molar-refractivity contribution in [3.8, 4) is 0 Å². The van der Waals surface area contributed by atoms with E-state index in [1.54, 1.807) is 31.4 Å². The molecule has 1 N–H and O–H groups in total. The van der Waals surface area contributed by atoms with Crippen LogP contribution in [0.3, 0.4) is 0 Å². The normalized spacial score (nSPS) is 18.5. The van der Waals surface area contributed by atoms with Crippen LogP contribution in [0.25, 0.3) is 5.76 Å². The van der Waals surface area contributed by atoms with Crippen molar-refractivity contribution in [2.75, 3.05) is 34.4 Å². The van der Waals surface area contributed by atoms with Gasteiger partial charge in [0, 0.05) is 39.9 Å². The molecule has 2 aromatic carbocycles. The van der Waals surface area contributed by atoms with Gasteiger partial charge in [-0.3, -0.25) is 9.59 Å². The third-order valence-corrected chi connectivity index (χ3v) is 7.14. The monoisotopic (exact) mass is 458 g/mol. The molecule has 1 aliphatic rings. The zero-order valence-corrected chi connectivity index (χ0v) is 19.0. The zero-order chi connectivity index (χ0) is 23.5. The van der Waals surface area contributed by atoms with Gasteiger partial charge in [0.1, 0.15) is 5.76 Å². The second kappa shape index (κ2) is 9.64. The second-order valence-corrected chi connectivity index (χ2v) is 9.71. The number of ketones is 1. The second-order valence-electron chi connectivity index (χ2n) is 7.56. The van der Waals surface area contributed by atoms with Crippen LogP contribution in [-0.4, -0.2) is 68.8 Å². The highest BCUT2D eigenvalue weighted by Gasteiger charge is 2.45. The van der Waals surface area contributed by atoms with Crippen molar-refractivity contribution in [1.29, 1.82) is 0 Å². The van der Waals surface area contributed by atoms with Crippen molar-refractivity contribution in [1.82, 2.24) is 9.21 Å². The number of ether oxygens (including phenoxy) is 1. The topological polar surface area (TPSA) is 104 Å². The third-order valence-electron chi connectivity index (χ3n) is 5.31. The largest absolute Gasteiger partial charge is 0.507 e. The number of benzene rings is 2. The van der Waals surface area contributed by atoms with E-state index in [4.69, 9.17) is 4.74 Å². The maximum Gasteiger partial charge on any atom is 0.295 e. The molecule has 0 spiro atoms. The van der Waals surface area contributed by atoms with Crippen LogP contribution >= 0.6 is 0 Å². The number of aliphatic hydroxyl groups excluding tert-OH is 1. The molecule has 0 bridgehead atoms. The molecule has 2 aromatic rings. The number of likely N-dealkylation sites (tertiary alicyclic amines) is 1. The van der Waals surface area contributed by atoms with Gasteiger partial charge in [0.2, 0.25) is 10.0 Å². The molecule has 0 aromatic heterocycles. The number of carbonyl (C=O) groups is 2. The molecule has 9 heteroatoms. The summed E-state index contributed by atoms with van der Waals surface area (Å²) in [4.78, 5) is 27.2. The summed E-state index contributed by atoms with van der Waals surface area (Å²) < 4.78 is 30.8. The Labute approximate surface area is 187 Å². The first-order valence-electron chi connectivity index (χ1n) is 10.1. The minimum atomic E-state index is -3.64. The fourth-order valence-corrected chi connectivity index (χ4v) is 4.52. The SMILES string of the molecule is COCCCN1C(=O)C(=O)/C(=C(/O)c2ccc(S(=O)(=O)N(C)C)cc2)C1c1ccccc1.